The fourth-order valence-corrected chi connectivity index (χ4v) is 2.13. The smallest absolute Gasteiger partial charge is 0.144 e. The molecule has 1 N–H and O–H groups in total. The summed E-state index contributed by atoms with van der Waals surface area (Å²) in [4.78, 5) is 4.55. The van der Waals surface area contributed by atoms with Crippen LogP contribution >= 0.6 is 11.3 Å². The van der Waals surface area contributed by atoms with Gasteiger partial charge < -0.3 is 5.32 Å². The van der Waals surface area contributed by atoms with Gasteiger partial charge in [-0.05, 0) is 6.07 Å². The van der Waals surface area contributed by atoms with E-state index in [0.717, 1.165) is 22.9 Å². The van der Waals surface area contributed by atoms with Crippen LogP contribution in [0.1, 0.15) is 19.5 Å². The molecular weight excluding hydrogens is 220 g/mol. The second kappa shape index (κ2) is 4.76. The van der Waals surface area contributed by atoms with E-state index in [0.29, 0.717) is 6.04 Å². The van der Waals surface area contributed by atoms with E-state index >= 15 is 0 Å². The molecule has 2 heterocycles. The lowest BCUT2D eigenvalue weighted by molar-refractivity contribution is 0.583. The van der Waals surface area contributed by atoms with Gasteiger partial charge in [0.1, 0.15) is 10.7 Å². The lowest BCUT2D eigenvalue weighted by Crippen LogP contribution is -2.21. The minimum Gasteiger partial charge on any atom is -0.309 e. The van der Waals surface area contributed by atoms with E-state index in [9.17, 15) is 0 Å². The summed E-state index contributed by atoms with van der Waals surface area (Å²) in [5.74, 6) is 0. The molecule has 0 radical (unpaired) electrons. The van der Waals surface area contributed by atoms with Gasteiger partial charge >= 0.3 is 0 Å². The molecule has 2 rings (SSSR count). The van der Waals surface area contributed by atoms with Crippen LogP contribution in [-0.4, -0.2) is 20.8 Å². The zero-order valence-electron chi connectivity index (χ0n) is 9.77. The Hall–Kier alpha value is -1.20. The average Bonchev–Trinajstić information content (AvgIpc) is 2.83. The van der Waals surface area contributed by atoms with Crippen LogP contribution in [0, 0.1) is 0 Å². The van der Waals surface area contributed by atoms with Crippen molar-refractivity contribution in [1.82, 2.24) is 20.1 Å². The zero-order chi connectivity index (χ0) is 11.5. The van der Waals surface area contributed by atoms with Crippen LogP contribution in [0.5, 0.6) is 0 Å². The van der Waals surface area contributed by atoms with Gasteiger partial charge in [0.05, 0.1) is 5.69 Å². The van der Waals surface area contributed by atoms with E-state index in [4.69, 9.17) is 0 Å². The Balaban J connectivity index is 2.07. The minimum atomic E-state index is 0.486. The first kappa shape index (κ1) is 11.3. The summed E-state index contributed by atoms with van der Waals surface area (Å²) in [6.45, 7) is 5.08. The summed E-state index contributed by atoms with van der Waals surface area (Å²) in [6, 6.07) is 2.47. The Kier molecular flexibility index (Phi) is 3.36. The van der Waals surface area contributed by atoms with Gasteiger partial charge in [0.15, 0.2) is 0 Å². The maximum Gasteiger partial charge on any atom is 0.144 e. The van der Waals surface area contributed by atoms with Crippen molar-refractivity contribution >= 4 is 11.3 Å². The first-order valence-electron chi connectivity index (χ1n) is 5.33. The molecule has 2 aromatic heterocycles. The molecule has 0 aromatic carbocycles. The van der Waals surface area contributed by atoms with E-state index in [1.165, 1.54) is 0 Å². The van der Waals surface area contributed by atoms with Crippen molar-refractivity contribution in [3.05, 3.63) is 23.3 Å². The van der Waals surface area contributed by atoms with Crippen LogP contribution in [0.15, 0.2) is 17.6 Å². The molecule has 0 fully saturated rings. The Morgan fingerprint density at radius 3 is 2.94 bits per heavy atom. The predicted octanol–water partition coefficient (Wildman–Crippen LogP) is 2.04. The molecule has 2 aromatic rings. The van der Waals surface area contributed by atoms with Crippen molar-refractivity contribution in [3.63, 3.8) is 0 Å². The number of thiazole rings is 1. The van der Waals surface area contributed by atoms with Gasteiger partial charge in [-0.2, -0.15) is 5.10 Å². The standard InChI is InChI=1S/C11H16N4S/c1-8(2)12-6-9-7-16-11(13-9)10-4-5-15(3)14-10/h4-5,7-8,12H,6H2,1-3H3. The number of aromatic nitrogens is 3. The van der Waals surface area contributed by atoms with Crippen LogP contribution in [0.25, 0.3) is 10.7 Å². The topological polar surface area (TPSA) is 42.7 Å². The van der Waals surface area contributed by atoms with Gasteiger partial charge in [-0.1, -0.05) is 13.8 Å². The third-order valence-corrected chi connectivity index (χ3v) is 3.09. The van der Waals surface area contributed by atoms with Gasteiger partial charge in [-0.3, -0.25) is 4.68 Å². The lowest BCUT2D eigenvalue weighted by Gasteiger charge is -2.04. The Morgan fingerprint density at radius 1 is 1.50 bits per heavy atom. The number of nitrogens with zero attached hydrogens (tertiary/aromatic N) is 3. The van der Waals surface area contributed by atoms with Gasteiger partial charge in [0.2, 0.25) is 0 Å². The molecule has 0 aliphatic rings. The van der Waals surface area contributed by atoms with E-state index < -0.39 is 0 Å². The van der Waals surface area contributed by atoms with Gasteiger partial charge in [-0.25, -0.2) is 4.98 Å². The molecule has 0 spiro atoms. The summed E-state index contributed by atoms with van der Waals surface area (Å²) in [6.07, 6.45) is 1.93. The summed E-state index contributed by atoms with van der Waals surface area (Å²) < 4.78 is 1.79. The van der Waals surface area contributed by atoms with Crippen molar-refractivity contribution in [2.24, 2.45) is 7.05 Å². The molecule has 0 unspecified atom stereocenters. The molecule has 86 valence electrons. The van der Waals surface area contributed by atoms with Crippen molar-refractivity contribution < 1.29 is 0 Å². The molecule has 0 aliphatic heterocycles. The van der Waals surface area contributed by atoms with Crippen molar-refractivity contribution in [1.29, 1.82) is 0 Å². The second-order valence-electron chi connectivity index (χ2n) is 4.05. The van der Waals surface area contributed by atoms with Crippen molar-refractivity contribution in [2.75, 3.05) is 0 Å². The Labute approximate surface area is 99.3 Å². The maximum atomic E-state index is 4.55. The number of nitrogens with one attached hydrogen (secondary N) is 1. The summed E-state index contributed by atoms with van der Waals surface area (Å²) in [5, 5.41) is 10.8. The monoisotopic (exact) mass is 236 g/mol. The highest BCUT2D eigenvalue weighted by Gasteiger charge is 2.07. The summed E-state index contributed by atoms with van der Waals surface area (Å²) >= 11 is 1.64. The van der Waals surface area contributed by atoms with E-state index in [2.05, 4.69) is 34.6 Å². The molecule has 0 saturated heterocycles. The lowest BCUT2D eigenvalue weighted by atomic mass is 10.3. The molecule has 4 nitrogen and oxygen atoms in total. The molecule has 0 atom stereocenters. The fraction of sp³-hybridized carbons (Fsp3) is 0.455. The Morgan fingerprint density at radius 2 is 2.31 bits per heavy atom. The van der Waals surface area contributed by atoms with Gasteiger partial charge in [0, 0.05) is 31.2 Å². The number of rotatable bonds is 4. The molecule has 0 saturated carbocycles. The van der Waals surface area contributed by atoms with E-state index in [1.54, 1.807) is 16.0 Å². The van der Waals surface area contributed by atoms with E-state index in [-0.39, 0.29) is 0 Å². The quantitative estimate of drug-likeness (QED) is 0.883. The van der Waals surface area contributed by atoms with Gasteiger partial charge in [0.25, 0.3) is 0 Å². The SMILES string of the molecule is CC(C)NCc1csc(-c2ccn(C)n2)n1. The van der Waals surface area contributed by atoms with Crippen LogP contribution in [-0.2, 0) is 13.6 Å². The third kappa shape index (κ3) is 2.68. The molecule has 16 heavy (non-hydrogen) atoms. The fourth-order valence-electron chi connectivity index (χ4n) is 1.34. The van der Waals surface area contributed by atoms with Crippen LogP contribution in [0.4, 0.5) is 0 Å². The maximum absolute atomic E-state index is 4.55. The van der Waals surface area contributed by atoms with Crippen LogP contribution in [0.2, 0.25) is 0 Å². The highest BCUT2D eigenvalue weighted by atomic mass is 32.1. The largest absolute Gasteiger partial charge is 0.309 e. The average molecular weight is 236 g/mol. The first-order chi connectivity index (χ1) is 7.65. The highest BCUT2D eigenvalue weighted by molar-refractivity contribution is 7.13. The first-order valence-corrected chi connectivity index (χ1v) is 6.21. The number of hydrogen-bond donors (Lipinski definition) is 1. The predicted molar refractivity (Wildman–Crippen MR) is 66.3 cm³/mol. The van der Waals surface area contributed by atoms with Crippen LogP contribution in [0.3, 0.4) is 0 Å². The molecular formula is C11H16N4S. The van der Waals surface area contributed by atoms with Crippen LogP contribution < -0.4 is 5.32 Å². The molecule has 0 bridgehead atoms. The molecule has 5 heteroatoms. The minimum absolute atomic E-state index is 0.486. The number of hydrogen-bond acceptors (Lipinski definition) is 4. The van der Waals surface area contributed by atoms with Crippen molar-refractivity contribution in [2.45, 2.75) is 26.4 Å². The normalized spacial score (nSPS) is 11.2. The second-order valence-corrected chi connectivity index (χ2v) is 4.91. The Bertz CT molecular complexity index is 458. The summed E-state index contributed by atoms with van der Waals surface area (Å²) in [7, 11) is 1.92. The zero-order valence-corrected chi connectivity index (χ0v) is 10.6. The van der Waals surface area contributed by atoms with E-state index in [1.807, 2.05) is 19.3 Å². The summed E-state index contributed by atoms with van der Waals surface area (Å²) in [5.41, 5.74) is 2.03. The molecule has 0 amide bonds. The highest BCUT2D eigenvalue weighted by Crippen LogP contribution is 2.21. The number of aryl methyl sites for hydroxylation is 1. The molecule has 0 aliphatic carbocycles. The van der Waals surface area contributed by atoms with Gasteiger partial charge in [-0.15, -0.1) is 11.3 Å². The third-order valence-electron chi connectivity index (χ3n) is 2.18. The van der Waals surface area contributed by atoms with Crippen molar-refractivity contribution in [3.8, 4) is 10.7 Å².